The van der Waals surface area contributed by atoms with E-state index in [0.717, 1.165) is 0 Å². The molecule has 1 saturated heterocycles. The van der Waals surface area contributed by atoms with E-state index in [9.17, 15) is 31.2 Å². The maximum absolute atomic E-state index is 14.9. The number of aromatic amines is 1. The fourth-order valence-electron chi connectivity index (χ4n) is 9.35. The van der Waals surface area contributed by atoms with Crippen LogP contribution in [0.3, 0.4) is 0 Å². The van der Waals surface area contributed by atoms with E-state index in [1.54, 1.807) is 121 Å². The lowest BCUT2D eigenvalue weighted by molar-refractivity contribution is -0.122. The smallest absolute Gasteiger partial charge is 0.358 e. The molecule has 1 amide bonds. The van der Waals surface area contributed by atoms with Crippen molar-refractivity contribution in [2.75, 3.05) is 11.9 Å². The molecule has 0 spiro atoms. The van der Waals surface area contributed by atoms with Crippen LogP contribution in [0.4, 0.5) is 19.1 Å². The van der Waals surface area contributed by atoms with Gasteiger partial charge in [0.25, 0.3) is 11.5 Å². The lowest BCUT2D eigenvalue weighted by atomic mass is 9.79. The van der Waals surface area contributed by atoms with Crippen LogP contribution in [0, 0.1) is 0 Å². The van der Waals surface area contributed by atoms with Crippen molar-refractivity contribution in [2.24, 2.45) is 0 Å². The molecule has 1 aliphatic rings. The molecule has 0 saturated carbocycles. The summed E-state index contributed by atoms with van der Waals surface area (Å²) in [5.74, 6) is -0.922. The van der Waals surface area contributed by atoms with E-state index in [0.29, 0.717) is 33.4 Å². The first kappa shape index (κ1) is 48.6. The molecule has 0 unspecified atom stereocenters. The van der Waals surface area contributed by atoms with Crippen molar-refractivity contribution in [1.82, 2.24) is 19.5 Å². The molecule has 0 radical (unpaired) electrons. The van der Waals surface area contributed by atoms with Gasteiger partial charge in [0.15, 0.2) is 17.4 Å². The third-order valence-electron chi connectivity index (χ3n) is 12.6. The molecule has 3 heterocycles. The molecule has 73 heavy (non-hydrogen) atoms. The fraction of sp³-hybridized carbons (Fsp3) is 0.143. The molecule has 2 N–H and O–H groups in total. The molecule has 368 valence electrons. The van der Waals surface area contributed by atoms with Gasteiger partial charge in [0.1, 0.15) is 29.5 Å². The van der Waals surface area contributed by atoms with Crippen LogP contribution in [0.15, 0.2) is 223 Å². The van der Waals surface area contributed by atoms with Gasteiger partial charge in [-0.05, 0) is 45.5 Å². The Labute approximate surface area is 417 Å². The highest BCUT2D eigenvalue weighted by Gasteiger charge is 2.58. The Bertz CT molecular complexity index is 3300. The molecule has 0 bridgehead atoms. The monoisotopic (exact) mass is 1000 g/mol. The Morgan fingerprint density at radius 1 is 0.616 bits per heavy atom. The van der Waals surface area contributed by atoms with Gasteiger partial charge in [-0.3, -0.25) is 28.6 Å². The lowest BCUT2D eigenvalue weighted by Gasteiger charge is -2.40. The molecule has 4 atom stereocenters. The quantitative estimate of drug-likeness (QED) is 0.0541. The minimum Gasteiger partial charge on any atom is -0.358 e. The highest BCUT2D eigenvalue weighted by molar-refractivity contribution is 7.87. The summed E-state index contributed by atoms with van der Waals surface area (Å²) in [6.45, 7) is -0.624. The summed E-state index contributed by atoms with van der Waals surface area (Å²) in [7, 11) is -6.45. The zero-order valence-electron chi connectivity index (χ0n) is 38.5. The molecule has 9 aromatic rings. The third-order valence-corrected chi connectivity index (χ3v) is 13.7. The summed E-state index contributed by atoms with van der Waals surface area (Å²) in [5.41, 5.74) is -6.79. The Kier molecular flexibility index (Phi) is 13.4. The molecule has 1 fully saturated rings. The van der Waals surface area contributed by atoms with Crippen molar-refractivity contribution in [2.45, 2.75) is 41.3 Å². The van der Waals surface area contributed by atoms with Gasteiger partial charge < -0.3 is 14.2 Å². The topological polar surface area (TPSA) is 164 Å². The standard InChI is InChI=1S/C56H44F3N5O8S/c57-56(58,59)73(67,68)72-47-45(36-69-54(39-24-10-2-11-25-39,40-26-12-3-13-27-40)41-28-14-4-15-29-41)70-52(64-37-60-46-49(64)61-53(63-51(46)66)62-50(65)38-22-8-1-9-23-38)48(47)71-55(42-30-16-5-17-31-42,43-32-18-6-19-33-43)44-34-20-7-21-35-44/h1-35,37,45,47-48,52H,36H2,(H2,61,62,63,65,66)/t45-,47-,48-,52-/m1/s1. The van der Waals surface area contributed by atoms with E-state index in [1.807, 2.05) is 91.0 Å². The van der Waals surface area contributed by atoms with E-state index in [4.69, 9.17) is 18.4 Å². The third kappa shape index (κ3) is 9.35. The predicted octanol–water partition coefficient (Wildman–Crippen LogP) is 9.89. The number of amides is 1. The first-order valence-electron chi connectivity index (χ1n) is 23.0. The van der Waals surface area contributed by atoms with Gasteiger partial charge in [0.2, 0.25) is 5.95 Å². The molecular weight excluding hydrogens is 960 g/mol. The molecule has 10 rings (SSSR count). The number of carbonyl (C=O) groups is 1. The lowest BCUT2D eigenvalue weighted by Crippen LogP contribution is -2.48. The van der Waals surface area contributed by atoms with Crippen LogP contribution < -0.4 is 10.9 Å². The average molecular weight is 1000 g/mol. The molecule has 2 aromatic heterocycles. The number of imidazole rings is 1. The normalized spacial score (nSPS) is 17.4. The number of hydrogen-bond donors (Lipinski definition) is 2. The van der Waals surface area contributed by atoms with Crippen LogP contribution in [0.25, 0.3) is 11.2 Å². The van der Waals surface area contributed by atoms with Crippen LogP contribution in [0.2, 0.25) is 0 Å². The van der Waals surface area contributed by atoms with Crippen molar-refractivity contribution in [1.29, 1.82) is 0 Å². The van der Waals surface area contributed by atoms with E-state index in [1.165, 1.54) is 10.9 Å². The molecule has 7 aromatic carbocycles. The number of alkyl halides is 3. The summed E-state index contributed by atoms with van der Waals surface area (Å²) in [6.07, 6.45) is -6.24. The second-order valence-electron chi connectivity index (χ2n) is 17.0. The van der Waals surface area contributed by atoms with Gasteiger partial charge >= 0.3 is 15.6 Å². The number of nitrogens with zero attached hydrogens (tertiary/aromatic N) is 3. The highest BCUT2D eigenvalue weighted by atomic mass is 32.2. The maximum Gasteiger partial charge on any atom is 0.523 e. The van der Waals surface area contributed by atoms with Crippen LogP contribution in [-0.2, 0) is 39.7 Å². The Morgan fingerprint density at radius 3 is 1.45 bits per heavy atom. The zero-order chi connectivity index (χ0) is 50.6. The molecule has 1 aliphatic heterocycles. The van der Waals surface area contributed by atoms with Crippen LogP contribution in [0.1, 0.15) is 50.0 Å². The average Bonchev–Trinajstić information content (AvgIpc) is 4.00. The van der Waals surface area contributed by atoms with Gasteiger partial charge in [-0.25, -0.2) is 4.98 Å². The van der Waals surface area contributed by atoms with Crippen LogP contribution >= 0.6 is 0 Å². The predicted molar refractivity (Wildman–Crippen MR) is 266 cm³/mol. The van der Waals surface area contributed by atoms with Crippen molar-refractivity contribution >= 4 is 33.1 Å². The number of hydrogen-bond acceptors (Lipinski definition) is 10. The van der Waals surface area contributed by atoms with Gasteiger partial charge in [0.05, 0.1) is 12.9 Å². The number of nitrogens with one attached hydrogen (secondary N) is 2. The highest BCUT2D eigenvalue weighted by Crippen LogP contribution is 2.49. The molecule has 17 heteroatoms. The minimum absolute atomic E-state index is 0.207. The van der Waals surface area contributed by atoms with E-state index in [2.05, 4.69) is 20.3 Å². The van der Waals surface area contributed by atoms with Crippen molar-refractivity contribution in [3.63, 3.8) is 0 Å². The first-order chi connectivity index (χ1) is 35.4. The largest absolute Gasteiger partial charge is 0.523 e. The number of carbonyl (C=O) groups excluding carboxylic acids is 1. The number of benzene rings is 7. The number of rotatable bonds is 16. The number of halogens is 3. The summed E-state index contributed by atoms with van der Waals surface area (Å²) < 4.78 is 100. The van der Waals surface area contributed by atoms with Gasteiger partial charge in [-0.15, -0.1) is 0 Å². The van der Waals surface area contributed by atoms with Crippen molar-refractivity contribution in [3.8, 4) is 0 Å². The van der Waals surface area contributed by atoms with Crippen molar-refractivity contribution in [3.05, 3.63) is 268 Å². The summed E-state index contributed by atoms with van der Waals surface area (Å²) in [5, 5.41) is 2.59. The van der Waals surface area contributed by atoms with Gasteiger partial charge in [-0.1, -0.05) is 200 Å². The first-order valence-corrected chi connectivity index (χ1v) is 24.4. The van der Waals surface area contributed by atoms with E-state index < -0.39 is 69.4 Å². The number of anilines is 1. The number of aromatic nitrogens is 4. The summed E-state index contributed by atoms with van der Waals surface area (Å²) in [4.78, 5) is 38.7. The van der Waals surface area contributed by atoms with E-state index in [-0.39, 0.29) is 22.7 Å². The van der Waals surface area contributed by atoms with Gasteiger partial charge in [-0.2, -0.15) is 26.6 Å². The van der Waals surface area contributed by atoms with Crippen LogP contribution in [0.5, 0.6) is 0 Å². The number of ether oxygens (including phenoxy) is 3. The SMILES string of the molecule is O=C(Nc1nc2c(ncn2[C@@H]2O[C@H](COC(c3ccccc3)(c3ccccc3)c3ccccc3)[C@@H](OS(=O)(=O)C(F)(F)F)[C@H]2OC(c2ccccc2)(c2ccccc2)c2ccccc2)c(=O)[nH]1)c1ccccc1. The minimum atomic E-state index is -6.45. The fourth-order valence-corrected chi connectivity index (χ4v) is 9.99. The Morgan fingerprint density at radius 2 is 1.03 bits per heavy atom. The van der Waals surface area contributed by atoms with Gasteiger partial charge in [0, 0.05) is 5.56 Å². The second-order valence-corrected chi connectivity index (χ2v) is 18.6. The molecule has 13 nitrogen and oxygen atoms in total. The number of fused-ring (bicyclic) bond motifs is 1. The van der Waals surface area contributed by atoms with Crippen molar-refractivity contribution < 1.29 is 44.8 Å². The number of H-pyrrole nitrogens is 1. The Balaban J connectivity index is 1.20. The van der Waals surface area contributed by atoms with Crippen LogP contribution in [-0.4, -0.2) is 64.3 Å². The second kappa shape index (κ2) is 20.2. The summed E-state index contributed by atoms with van der Waals surface area (Å²) >= 11 is 0. The zero-order valence-corrected chi connectivity index (χ0v) is 39.3. The summed E-state index contributed by atoms with van der Waals surface area (Å²) in [6, 6.07) is 62.2. The Hall–Kier alpha value is -8.06. The molecular formula is C56H44F3N5O8S. The molecule has 0 aliphatic carbocycles. The van der Waals surface area contributed by atoms with E-state index >= 15 is 0 Å². The maximum atomic E-state index is 14.9.